The summed E-state index contributed by atoms with van der Waals surface area (Å²) in [5, 5.41) is 17.7. The maximum absolute atomic E-state index is 10.8. The summed E-state index contributed by atoms with van der Waals surface area (Å²) in [4.78, 5) is 21.6. The molecule has 0 spiro atoms. The molecule has 8 heteroatoms. The van der Waals surface area contributed by atoms with E-state index in [1.54, 1.807) is 0 Å². The van der Waals surface area contributed by atoms with Crippen molar-refractivity contribution in [2.24, 2.45) is 0 Å². The highest BCUT2D eigenvalue weighted by Gasteiger charge is 2.48. The molecule has 0 aromatic heterocycles. The molecule has 0 amide bonds. The molecule has 5 nitrogen and oxygen atoms in total. The summed E-state index contributed by atoms with van der Waals surface area (Å²) in [6.07, 6.45) is 6.75. The van der Waals surface area contributed by atoms with Gasteiger partial charge in [0.05, 0.1) is 11.0 Å². The van der Waals surface area contributed by atoms with Gasteiger partial charge >= 0.3 is 11.9 Å². The third kappa shape index (κ3) is 6.29. The van der Waals surface area contributed by atoms with E-state index in [1.165, 1.54) is 27.7 Å². The second kappa shape index (κ2) is 11.8. The van der Waals surface area contributed by atoms with Gasteiger partial charge in [0.1, 0.15) is 6.54 Å². The van der Waals surface area contributed by atoms with Crippen molar-refractivity contribution >= 4 is 91.1 Å². The lowest BCUT2D eigenvalue weighted by atomic mass is 9.76. The Morgan fingerprint density at radius 3 is 2.07 bits per heavy atom. The largest absolute Gasteiger partial charge is 0.481 e. The Bertz CT molecular complexity index is 853. The molecule has 0 saturated carbocycles. The second-order valence-corrected chi connectivity index (χ2v) is 11.4. The van der Waals surface area contributed by atoms with Gasteiger partial charge in [-0.2, -0.15) is 4.58 Å². The fourth-order valence-corrected chi connectivity index (χ4v) is 6.90. The molecule has 2 N–H and O–H groups in total. The van der Waals surface area contributed by atoms with Gasteiger partial charge in [0.25, 0.3) is 0 Å². The third-order valence-electron chi connectivity index (χ3n) is 6.03. The number of halogens is 3. The van der Waals surface area contributed by atoms with Crippen LogP contribution in [0.25, 0.3) is 0 Å². The number of carbonyl (C=O) groups is 2. The fourth-order valence-electron chi connectivity index (χ4n) is 4.23. The zero-order valence-corrected chi connectivity index (χ0v) is 23.9. The fraction of sp³-hybridized carbons (Fsp3) is 0.591. The zero-order valence-electron chi connectivity index (χ0n) is 17.4. The standard InChI is InChI=1S/C22H28I3NO4/c1-14-22(2,11-7-3-5-9-17(27)28)19-16(13-15(23)20(24)21(19)25)26(14)12-8-4-6-10-18(29)30/h13H,3-12H2,1-2H3,(H-,27,28,29,30)/p+1. The molecule has 1 aliphatic heterocycles. The van der Waals surface area contributed by atoms with Crippen molar-refractivity contribution < 1.29 is 24.4 Å². The van der Waals surface area contributed by atoms with Crippen LogP contribution >= 0.6 is 67.8 Å². The number of hydrogen-bond acceptors (Lipinski definition) is 2. The van der Waals surface area contributed by atoms with E-state index in [4.69, 9.17) is 10.2 Å². The van der Waals surface area contributed by atoms with Crippen LogP contribution in [0.5, 0.6) is 0 Å². The van der Waals surface area contributed by atoms with Crippen LogP contribution in [0.2, 0.25) is 0 Å². The average Bonchev–Trinajstić information content (AvgIpc) is 2.86. The molecule has 0 aliphatic carbocycles. The predicted molar refractivity (Wildman–Crippen MR) is 144 cm³/mol. The minimum atomic E-state index is -0.724. The van der Waals surface area contributed by atoms with Crippen molar-refractivity contribution in [3.8, 4) is 0 Å². The Labute approximate surface area is 219 Å². The van der Waals surface area contributed by atoms with Crippen molar-refractivity contribution in [2.45, 2.75) is 77.0 Å². The quantitative estimate of drug-likeness (QED) is 0.110. The monoisotopic (exact) mass is 752 g/mol. The summed E-state index contributed by atoms with van der Waals surface area (Å²) in [6, 6.07) is 2.29. The molecule has 0 saturated heterocycles. The lowest BCUT2D eigenvalue weighted by Gasteiger charge is -2.24. The summed E-state index contributed by atoms with van der Waals surface area (Å²) < 4.78 is 6.30. The predicted octanol–water partition coefficient (Wildman–Crippen LogP) is 6.56. The van der Waals surface area contributed by atoms with Crippen LogP contribution < -0.4 is 0 Å². The Morgan fingerprint density at radius 2 is 1.50 bits per heavy atom. The smallest absolute Gasteiger partial charge is 0.303 e. The number of carboxylic acids is 2. The maximum Gasteiger partial charge on any atom is 0.303 e. The normalized spacial score (nSPS) is 18.0. The van der Waals surface area contributed by atoms with E-state index in [9.17, 15) is 9.59 Å². The number of aliphatic carboxylic acids is 2. The van der Waals surface area contributed by atoms with Crippen molar-refractivity contribution in [2.75, 3.05) is 6.54 Å². The van der Waals surface area contributed by atoms with Gasteiger partial charge in [-0.1, -0.05) is 12.8 Å². The van der Waals surface area contributed by atoms with Crippen LogP contribution in [0.4, 0.5) is 5.69 Å². The average molecular weight is 752 g/mol. The van der Waals surface area contributed by atoms with Gasteiger partial charge in [-0.25, -0.2) is 0 Å². The molecule has 1 atom stereocenters. The second-order valence-electron chi connectivity index (χ2n) is 8.11. The molecule has 166 valence electrons. The number of rotatable bonds is 12. The molecule has 1 unspecified atom stereocenters. The van der Waals surface area contributed by atoms with E-state index >= 15 is 0 Å². The summed E-state index contributed by atoms with van der Waals surface area (Å²) >= 11 is 7.32. The first-order valence-electron chi connectivity index (χ1n) is 10.3. The van der Waals surface area contributed by atoms with E-state index in [0.29, 0.717) is 0 Å². The summed E-state index contributed by atoms with van der Waals surface area (Å²) in [5.41, 5.74) is 3.98. The first-order valence-corrected chi connectivity index (χ1v) is 13.6. The molecule has 0 bridgehead atoms. The van der Waals surface area contributed by atoms with E-state index in [2.05, 4.69) is 92.3 Å². The molecular weight excluding hydrogens is 723 g/mol. The van der Waals surface area contributed by atoms with Gasteiger partial charge in [0.15, 0.2) is 5.71 Å². The van der Waals surface area contributed by atoms with Crippen LogP contribution in [0.1, 0.15) is 77.2 Å². The molecule has 1 aromatic carbocycles. The highest BCUT2D eigenvalue weighted by atomic mass is 127. The van der Waals surface area contributed by atoms with Crippen LogP contribution in [-0.4, -0.2) is 39.0 Å². The van der Waals surface area contributed by atoms with Gasteiger partial charge in [-0.05, 0) is 100 Å². The van der Waals surface area contributed by atoms with E-state index in [-0.39, 0.29) is 18.3 Å². The van der Waals surface area contributed by atoms with Gasteiger partial charge in [-0.15, -0.1) is 0 Å². The Kier molecular flexibility index (Phi) is 10.3. The van der Waals surface area contributed by atoms with Crippen LogP contribution in [0, 0.1) is 10.7 Å². The number of hydrogen-bond donors (Lipinski definition) is 2. The van der Waals surface area contributed by atoms with Crippen LogP contribution in [-0.2, 0) is 15.0 Å². The topological polar surface area (TPSA) is 77.6 Å². The summed E-state index contributed by atoms with van der Waals surface area (Å²) in [6.45, 7) is 5.46. The third-order valence-corrected chi connectivity index (χ3v) is 11.1. The Hall–Kier alpha value is 0.0200. The number of fused-ring (bicyclic) bond motifs is 1. The van der Waals surface area contributed by atoms with Gasteiger partial charge in [0.2, 0.25) is 5.69 Å². The first kappa shape index (κ1) is 26.3. The lowest BCUT2D eigenvalue weighted by molar-refractivity contribution is -0.439. The Morgan fingerprint density at radius 1 is 0.933 bits per heavy atom. The van der Waals surface area contributed by atoms with Gasteiger partial charge < -0.3 is 10.2 Å². The van der Waals surface area contributed by atoms with Crippen molar-refractivity contribution in [1.82, 2.24) is 0 Å². The van der Waals surface area contributed by atoms with Gasteiger partial charge in [0, 0.05) is 43.0 Å². The molecule has 1 aliphatic rings. The number of nitrogens with zero attached hydrogens (tertiary/aromatic N) is 1. The highest BCUT2D eigenvalue weighted by molar-refractivity contribution is 14.1. The van der Waals surface area contributed by atoms with Crippen molar-refractivity contribution in [1.29, 1.82) is 0 Å². The van der Waals surface area contributed by atoms with Crippen molar-refractivity contribution in [3.05, 3.63) is 22.3 Å². The van der Waals surface area contributed by atoms with Crippen LogP contribution in [0.15, 0.2) is 6.07 Å². The minimum Gasteiger partial charge on any atom is -0.481 e. The molecule has 0 fully saturated rings. The first-order chi connectivity index (χ1) is 14.1. The number of benzene rings is 1. The summed E-state index contributed by atoms with van der Waals surface area (Å²) in [7, 11) is 0. The minimum absolute atomic E-state index is 0.0552. The van der Waals surface area contributed by atoms with E-state index in [1.807, 2.05) is 0 Å². The lowest BCUT2D eigenvalue weighted by Crippen LogP contribution is -2.31. The molecule has 0 radical (unpaired) electrons. The van der Waals surface area contributed by atoms with Crippen LogP contribution in [0.3, 0.4) is 0 Å². The maximum atomic E-state index is 10.8. The molecular formula is C22H29I3NO4+. The van der Waals surface area contributed by atoms with Crippen molar-refractivity contribution in [3.63, 3.8) is 0 Å². The molecule has 30 heavy (non-hydrogen) atoms. The highest BCUT2D eigenvalue weighted by Crippen LogP contribution is 2.47. The molecule has 2 rings (SSSR count). The SMILES string of the molecule is CC1=[N+](CCCCCC(=O)O)c2cc(I)c(I)c(I)c2C1(C)CCCCCC(=O)O. The zero-order chi connectivity index (χ0) is 22.5. The molecule has 1 heterocycles. The van der Waals surface area contributed by atoms with E-state index < -0.39 is 11.9 Å². The molecule has 1 aromatic rings. The summed E-state index contributed by atoms with van der Waals surface area (Å²) in [5.74, 6) is -1.44. The Balaban J connectivity index is 2.23. The van der Waals surface area contributed by atoms with E-state index in [0.717, 1.165) is 51.5 Å². The number of unbranched alkanes of at least 4 members (excludes halogenated alkanes) is 4. The number of carboxylic acid groups (broad SMARTS) is 2. The van der Waals surface area contributed by atoms with Gasteiger partial charge in [-0.3, -0.25) is 9.59 Å².